The Hall–Kier alpha value is -3.05. The van der Waals surface area contributed by atoms with Gasteiger partial charge < -0.3 is 4.42 Å². The summed E-state index contributed by atoms with van der Waals surface area (Å²) in [5.41, 5.74) is 1.88. The second-order valence-corrected chi connectivity index (χ2v) is 6.74. The zero-order valence-electron chi connectivity index (χ0n) is 13.9. The van der Waals surface area contributed by atoms with Gasteiger partial charge in [0.1, 0.15) is 5.76 Å². The molecular formula is C21H16N2O2S. The fraction of sp³-hybridized carbons (Fsp3) is 0.0476. The van der Waals surface area contributed by atoms with Gasteiger partial charge in [0.15, 0.2) is 5.17 Å². The van der Waals surface area contributed by atoms with E-state index in [2.05, 4.69) is 4.99 Å². The second-order valence-electron chi connectivity index (χ2n) is 5.73. The van der Waals surface area contributed by atoms with Crippen molar-refractivity contribution in [3.8, 4) is 0 Å². The molecule has 0 N–H and O–H groups in total. The minimum absolute atomic E-state index is 0.0649. The van der Waals surface area contributed by atoms with Gasteiger partial charge in [0.25, 0.3) is 5.91 Å². The van der Waals surface area contributed by atoms with E-state index in [1.165, 1.54) is 11.8 Å². The molecule has 0 spiro atoms. The molecule has 0 unspecified atom stereocenters. The summed E-state index contributed by atoms with van der Waals surface area (Å²) in [6, 6.07) is 23.2. The number of amides is 1. The molecule has 2 aromatic carbocycles. The highest BCUT2D eigenvalue weighted by molar-refractivity contribution is 8.18. The number of hydrogen-bond donors (Lipinski definition) is 0. The minimum Gasteiger partial charge on any atom is -0.465 e. The van der Waals surface area contributed by atoms with Crippen LogP contribution in [-0.2, 0) is 11.3 Å². The van der Waals surface area contributed by atoms with E-state index in [0.29, 0.717) is 22.4 Å². The van der Waals surface area contributed by atoms with Crippen molar-refractivity contribution in [3.05, 3.63) is 95.3 Å². The van der Waals surface area contributed by atoms with Crippen molar-refractivity contribution >= 4 is 34.6 Å². The lowest BCUT2D eigenvalue weighted by molar-refractivity contribution is -0.122. The van der Waals surface area contributed by atoms with E-state index in [9.17, 15) is 4.79 Å². The number of aliphatic imine (C=N–C) groups is 1. The summed E-state index contributed by atoms with van der Waals surface area (Å²) in [5, 5.41) is 0.669. The molecule has 1 fully saturated rings. The SMILES string of the molecule is O=C1/C(=C\c2ccco2)SC(=Nc2ccccc2)N1Cc1ccccc1. The average molecular weight is 360 g/mol. The summed E-state index contributed by atoms with van der Waals surface area (Å²) in [5.74, 6) is 0.589. The maximum atomic E-state index is 13.0. The van der Waals surface area contributed by atoms with Crippen LogP contribution < -0.4 is 0 Å². The van der Waals surface area contributed by atoms with Crippen LogP contribution in [0.2, 0.25) is 0 Å². The van der Waals surface area contributed by atoms with E-state index < -0.39 is 0 Å². The van der Waals surface area contributed by atoms with Crippen LogP contribution in [0.5, 0.6) is 0 Å². The maximum Gasteiger partial charge on any atom is 0.267 e. The number of thioether (sulfide) groups is 1. The molecule has 26 heavy (non-hydrogen) atoms. The van der Waals surface area contributed by atoms with Crippen molar-refractivity contribution in [2.24, 2.45) is 4.99 Å². The van der Waals surface area contributed by atoms with Crippen molar-refractivity contribution in [3.63, 3.8) is 0 Å². The molecule has 1 amide bonds. The van der Waals surface area contributed by atoms with Crippen molar-refractivity contribution in [1.29, 1.82) is 0 Å². The topological polar surface area (TPSA) is 45.8 Å². The number of para-hydroxylation sites is 1. The number of furan rings is 1. The van der Waals surface area contributed by atoms with Crippen LogP contribution in [0.3, 0.4) is 0 Å². The average Bonchev–Trinajstić information content (AvgIpc) is 3.28. The zero-order chi connectivity index (χ0) is 17.8. The van der Waals surface area contributed by atoms with Crippen LogP contribution in [0.1, 0.15) is 11.3 Å². The predicted octanol–water partition coefficient (Wildman–Crippen LogP) is 5.08. The molecule has 0 aliphatic carbocycles. The highest BCUT2D eigenvalue weighted by Gasteiger charge is 2.33. The molecule has 0 radical (unpaired) electrons. The Morgan fingerprint density at radius 3 is 2.38 bits per heavy atom. The maximum absolute atomic E-state index is 13.0. The van der Waals surface area contributed by atoms with Crippen LogP contribution in [0.4, 0.5) is 5.69 Å². The molecule has 4 nitrogen and oxygen atoms in total. The lowest BCUT2D eigenvalue weighted by atomic mass is 10.2. The number of rotatable bonds is 4. The molecule has 3 aromatic rings. The van der Waals surface area contributed by atoms with Gasteiger partial charge in [-0.25, -0.2) is 4.99 Å². The molecule has 128 valence electrons. The Labute approximate surface area is 155 Å². The fourth-order valence-corrected chi connectivity index (χ4v) is 3.59. The van der Waals surface area contributed by atoms with Gasteiger partial charge in [-0.3, -0.25) is 9.69 Å². The van der Waals surface area contributed by atoms with Gasteiger partial charge in [0.2, 0.25) is 0 Å². The fourth-order valence-electron chi connectivity index (χ4n) is 2.61. The van der Waals surface area contributed by atoms with Gasteiger partial charge >= 0.3 is 0 Å². The van der Waals surface area contributed by atoms with Crippen LogP contribution >= 0.6 is 11.8 Å². The van der Waals surface area contributed by atoms with Crippen LogP contribution in [0, 0.1) is 0 Å². The van der Waals surface area contributed by atoms with E-state index in [1.54, 1.807) is 23.3 Å². The third-order valence-corrected chi connectivity index (χ3v) is 4.88. The van der Waals surface area contributed by atoms with Gasteiger partial charge in [-0.2, -0.15) is 0 Å². The van der Waals surface area contributed by atoms with E-state index in [1.807, 2.05) is 66.7 Å². The molecule has 4 rings (SSSR count). The first-order chi connectivity index (χ1) is 12.8. The Bertz CT molecular complexity index is 948. The summed E-state index contributed by atoms with van der Waals surface area (Å²) in [6.45, 7) is 0.480. The zero-order valence-corrected chi connectivity index (χ0v) is 14.7. The first-order valence-electron chi connectivity index (χ1n) is 8.22. The number of hydrogen-bond acceptors (Lipinski definition) is 4. The van der Waals surface area contributed by atoms with Gasteiger partial charge in [-0.15, -0.1) is 0 Å². The minimum atomic E-state index is -0.0649. The number of carbonyl (C=O) groups is 1. The molecule has 1 aliphatic rings. The molecule has 1 aliphatic heterocycles. The Kier molecular flexibility index (Phi) is 4.71. The summed E-state index contributed by atoms with van der Waals surface area (Å²) < 4.78 is 5.35. The van der Waals surface area contributed by atoms with E-state index in [0.717, 1.165) is 11.3 Å². The van der Waals surface area contributed by atoms with E-state index in [-0.39, 0.29) is 5.91 Å². The Balaban J connectivity index is 1.69. The van der Waals surface area contributed by atoms with Crippen molar-refractivity contribution in [1.82, 2.24) is 4.90 Å². The summed E-state index contributed by atoms with van der Waals surface area (Å²) in [6.07, 6.45) is 3.36. The third-order valence-electron chi connectivity index (χ3n) is 3.87. The lowest BCUT2D eigenvalue weighted by Crippen LogP contribution is -2.28. The highest BCUT2D eigenvalue weighted by Crippen LogP contribution is 2.35. The van der Waals surface area contributed by atoms with Gasteiger partial charge in [0, 0.05) is 6.08 Å². The molecule has 5 heteroatoms. The lowest BCUT2D eigenvalue weighted by Gasteiger charge is -2.15. The number of nitrogens with zero attached hydrogens (tertiary/aromatic N) is 2. The monoisotopic (exact) mass is 360 g/mol. The highest BCUT2D eigenvalue weighted by atomic mass is 32.2. The van der Waals surface area contributed by atoms with Gasteiger partial charge in [-0.1, -0.05) is 48.5 Å². The quantitative estimate of drug-likeness (QED) is 0.609. The largest absolute Gasteiger partial charge is 0.465 e. The molecule has 1 aromatic heterocycles. The smallest absolute Gasteiger partial charge is 0.267 e. The summed E-state index contributed by atoms with van der Waals surface area (Å²) >= 11 is 1.37. The normalized spacial score (nSPS) is 17.4. The third kappa shape index (κ3) is 3.63. The first kappa shape index (κ1) is 16.4. The number of benzene rings is 2. The summed E-state index contributed by atoms with van der Waals surface area (Å²) in [7, 11) is 0. The number of amidine groups is 1. The molecular weight excluding hydrogens is 344 g/mol. The molecule has 1 saturated heterocycles. The summed E-state index contributed by atoms with van der Waals surface area (Å²) in [4.78, 5) is 19.9. The van der Waals surface area contributed by atoms with E-state index in [4.69, 9.17) is 4.42 Å². The van der Waals surface area contributed by atoms with Crippen LogP contribution in [-0.4, -0.2) is 16.0 Å². The first-order valence-corrected chi connectivity index (χ1v) is 9.04. The molecule has 0 saturated carbocycles. The van der Waals surface area contributed by atoms with Gasteiger partial charge in [-0.05, 0) is 41.6 Å². The molecule has 2 heterocycles. The molecule has 0 atom stereocenters. The standard InChI is InChI=1S/C21H16N2O2S/c24-20-19(14-18-12-7-13-25-18)26-21(22-17-10-5-2-6-11-17)23(20)15-16-8-3-1-4-9-16/h1-14H,15H2/b19-14+,22-21?. The number of carbonyl (C=O) groups excluding carboxylic acids is 1. The van der Waals surface area contributed by atoms with Crippen molar-refractivity contribution < 1.29 is 9.21 Å². The van der Waals surface area contributed by atoms with Crippen molar-refractivity contribution in [2.45, 2.75) is 6.54 Å². The van der Waals surface area contributed by atoms with Crippen LogP contribution in [0.25, 0.3) is 6.08 Å². The Morgan fingerprint density at radius 2 is 1.69 bits per heavy atom. The van der Waals surface area contributed by atoms with Crippen LogP contribution in [0.15, 0.2) is 93.4 Å². The van der Waals surface area contributed by atoms with Gasteiger partial charge in [0.05, 0.1) is 23.4 Å². The second kappa shape index (κ2) is 7.45. The predicted molar refractivity (Wildman–Crippen MR) is 105 cm³/mol. The van der Waals surface area contributed by atoms with E-state index >= 15 is 0 Å². The molecule has 0 bridgehead atoms. The van der Waals surface area contributed by atoms with Crippen molar-refractivity contribution in [2.75, 3.05) is 0 Å². The Morgan fingerprint density at radius 1 is 0.962 bits per heavy atom.